The Labute approximate surface area is 74.7 Å². The maximum Gasteiger partial charge on any atom is 0.152 e. The van der Waals surface area contributed by atoms with Gasteiger partial charge in [-0.25, -0.2) is 4.98 Å². The van der Waals surface area contributed by atoms with Crippen molar-refractivity contribution < 1.29 is 4.74 Å². The molecule has 11 heavy (non-hydrogen) atoms. The summed E-state index contributed by atoms with van der Waals surface area (Å²) in [4.78, 5) is 4.02. The van der Waals surface area contributed by atoms with Gasteiger partial charge in [0.2, 0.25) is 0 Å². The first kappa shape index (κ1) is 8.53. The summed E-state index contributed by atoms with van der Waals surface area (Å²) in [5.41, 5.74) is 0. The predicted octanol–water partition coefficient (Wildman–Crippen LogP) is 2.63. The molecule has 0 N–H and O–H groups in total. The zero-order valence-electron chi connectivity index (χ0n) is 6.54. The van der Waals surface area contributed by atoms with Gasteiger partial charge in [-0.15, -0.1) is 0 Å². The van der Waals surface area contributed by atoms with Crippen molar-refractivity contribution in [2.24, 2.45) is 0 Å². The molecule has 1 aromatic rings. The van der Waals surface area contributed by atoms with E-state index in [1.54, 1.807) is 6.20 Å². The van der Waals surface area contributed by atoms with Crippen molar-refractivity contribution in [2.75, 3.05) is 0 Å². The molecule has 1 heterocycles. The van der Waals surface area contributed by atoms with E-state index in [-0.39, 0.29) is 6.10 Å². The molecule has 3 heteroatoms. The molecular weight excluding hydrogens is 206 g/mol. The average Bonchev–Trinajstić information content (AvgIpc) is 1.93. The van der Waals surface area contributed by atoms with Gasteiger partial charge >= 0.3 is 0 Å². The Balaban J connectivity index is 2.78. The zero-order chi connectivity index (χ0) is 8.27. The van der Waals surface area contributed by atoms with Gasteiger partial charge in [0, 0.05) is 6.20 Å². The van der Waals surface area contributed by atoms with Crippen LogP contribution >= 0.6 is 15.9 Å². The molecule has 0 atom stereocenters. The fraction of sp³-hybridized carbons (Fsp3) is 0.375. The molecule has 60 valence electrons. The molecule has 0 saturated heterocycles. The summed E-state index contributed by atoms with van der Waals surface area (Å²) >= 11 is 3.29. The van der Waals surface area contributed by atoms with Crippen molar-refractivity contribution in [1.29, 1.82) is 0 Å². The SMILES string of the molecule is CC(C)Oc1cccnc1Br. The smallest absolute Gasteiger partial charge is 0.152 e. The van der Waals surface area contributed by atoms with Gasteiger partial charge in [0.15, 0.2) is 5.75 Å². The summed E-state index contributed by atoms with van der Waals surface area (Å²) in [6.07, 6.45) is 1.91. The lowest BCUT2D eigenvalue weighted by Gasteiger charge is -2.09. The van der Waals surface area contributed by atoms with E-state index in [9.17, 15) is 0 Å². The molecule has 1 rings (SSSR count). The summed E-state index contributed by atoms with van der Waals surface area (Å²) in [5.74, 6) is 0.794. The number of rotatable bonds is 2. The molecule has 1 aromatic heterocycles. The number of aromatic nitrogens is 1. The number of nitrogens with zero attached hydrogens (tertiary/aromatic N) is 1. The first-order chi connectivity index (χ1) is 5.20. The van der Waals surface area contributed by atoms with E-state index < -0.39 is 0 Å². The van der Waals surface area contributed by atoms with Crippen LogP contribution in [0.3, 0.4) is 0 Å². The van der Waals surface area contributed by atoms with E-state index in [4.69, 9.17) is 4.74 Å². The number of hydrogen-bond donors (Lipinski definition) is 0. The Hall–Kier alpha value is -0.570. The number of hydrogen-bond acceptors (Lipinski definition) is 2. The van der Waals surface area contributed by atoms with Gasteiger partial charge in [-0.3, -0.25) is 0 Å². The minimum absolute atomic E-state index is 0.190. The van der Waals surface area contributed by atoms with Gasteiger partial charge in [-0.1, -0.05) is 0 Å². The number of ether oxygens (including phenoxy) is 1. The monoisotopic (exact) mass is 215 g/mol. The van der Waals surface area contributed by atoms with E-state index >= 15 is 0 Å². The summed E-state index contributed by atoms with van der Waals surface area (Å²) in [7, 11) is 0. The van der Waals surface area contributed by atoms with Crippen molar-refractivity contribution in [3.8, 4) is 5.75 Å². The lowest BCUT2D eigenvalue weighted by atomic mass is 10.4. The molecule has 0 aromatic carbocycles. The van der Waals surface area contributed by atoms with Gasteiger partial charge in [-0.05, 0) is 41.9 Å². The Morgan fingerprint density at radius 1 is 1.55 bits per heavy atom. The van der Waals surface area contributed by atoms with E-state index in [1.165, 1.54) is 0 Å². The summed E-state index contributed by atoms with van der Waals surface area (Å²) in [6.45, 7) is 3.97. The molecule has 0 radical (unpaired) electrons. The molecule has 0 aliphatic carbocycles. The molecule has 0 spiro atoms. The van der Waals surface area contributed by atoms with Crippen molar-refractivity contribution >= 4 is 15.9 Å². The van der Waals surface area contributed by atoms with E-state index in [1.807, 2.05) is 26.0 Å². The molecule has 0 bridgehead atoms. The first-order valence-corrected chi connectivity index (χ1v) is 4.26. The topological polar surface area (TPSA) is 22.1 Å². The maximum absolute atomic E-state index is 5.44. The van der Waals surface area contributed by atoms with Crippen molar-refractivity contribution in [1.82, 2.24) is 4.98 Å². The fourth-order valence-corrected chi connectivity index (χ4v) is 1.06. The van der Waals surface area contributed by atoms with E-state index in [0.29, 0.717) is 0 Å². The third-order valence-corrected chi connectivity index (χ3v) is 1.68. The molecule has 0 unspecified atom stereocenters. The molecule has 2 nitrogen and oxygen atoms in total. The second-order valence-corrected chi connectivity index (χ2v) is 3.21. The third kappa shape index (κ3) is 2.50. The second kappa shape index (κ2) is 3.72. The first-order valence-electron chi connectivity index (χ1n) is 3.47. The summed E-state index contributed by atoms with van der Waals surface area (Å²) in [5, 5.41) is 0. The third-order valence-electron chi connectivity index (χ3n) is 1.09. The van der Waals surface area contributed by atoms with Crippen LogP contribution in [0.4, 0.5) is 0 Å². The molecule has 0 saturated carbocycles. The van der Waals surface area contributed by atoms with Crippen molar-refractivity contribution in [2.45, 2.75) is 20.0 Å². The normalized spacial score (nSPS) is 10.2. The van der Waals surface area contributed by atoms with Gasteiger partial charge in [0.05, 0.1) is 6.10 Å². The predicted molar refractivity (Wildman–Crippen MR) is 47.7 cm³/mol. The highest BCUT2D eigenvalue weighted by Gasteiger charge is 2.01. The van der Waals surface area contributed by atoms with Crippen LogP contribution in [0.5, 0.6) is 5.75 Å². The van der Waals surface area contributed by atoms with Crippen LogP contribution < -0.4 is 4.74 Å². The lowest BCUT2D eigenvalue weighted by molar-refractivity contribution is 0.239. The highest BCUT2D eigenvalue weighted by Crippen LogP contribution is 2.21. The average molecular weight is 216 g/mol. The number of pyridine rings is 1. The van der Waals surface area contributed by atoms with E-state index in [2.05, 4.69) is 20.9 Å². The van der Waals surface area contributed by atoms with Crippen LogP contribution in [0.15, 0.2) is 22.9 Å². The maximum atomic E-state index is 5.44. The summed E-state index contributed by atoms with van der Waals surface area (Å²) in [6, 6.07) is 3.74. The minimum Gasteiger partial charge on any atom is -0.488 e. The van der Waals surface area contributed by atoms with Crippen LogP contribution in [-0.4, -0.2) is 11.1 Å². The number of halogens is 1. The van der Waals surface area contributed by atoms with E-state index in [0.717, 1.165) is 10.4 Å². The van der Waals surface area contributed by atoms with Gasteiger partial charge in [0.1, 0.15) is 4.60 Å². The quantitative estimate of drug-likeness (QED) is 0.709. The molecule has 0 aliphatic rings. The van der Waals surface area contributed by atoms with Crippen molar-refractivity contribution in [3.05, 3.63) is 22.9 Å². The van der Waals surface area contributed by atoms with Crippen LogP contribution in [0.1, 0.15) is 13.8 Å². The highest BCUT2D eigenvalue weighted by molar-refractivity contribution is 9.10. The molecule has 0 aliphatic heterocycles. The zero-order valence-corrected chi connectivity index (χ0v) is 8.13. The Bertz CT molecular complexity index is 237. The van der Waals surface area contributed by atoms with Crippen LogP contribution in [0.25, 0.3) is 0 Å². The Morgan fingerprint density at radius 2 is 2.27 bits per heavy atom. The van der Waals surface area contributed by atoms with Crippen LogP contribution in [-0.2, 0) is 0 Å². The fourth-order valence-electron chi connectivity index (χ4n) is 0.713. The van der Waals surface area contributed by atoms with Gasteiger partial charge < -0.3 is 4.74 Å². The second-order valence-electron chi connectivity index (χ2n) is 2.46. The lowest BCUT2D eigenvalue weighted by Crippen LogP contribution is -2.06. The Kier molecular flexibility index (Phi) is 2.88. The van der Waals surface area contributed by atoms with Gasteiger partial charge in [-0.2, -0.15) is 0 Å². The van der Waals surface area contributed by atoms with Gasteiger partial charge in [0.25, 0.3) is 0 Å². The van der Waals surface area contributed by atoms with Crippen LogP contribution in [0.2, 0.25) is 0 Å². The van der Waals surface area contributed by atoms with Crippen molar-refractivity contribution in [3.63, 3.8) is 0 Å². The molecule has 0 fully saturated rings. The standard InChI is InChI=1S/C8H10BrNO/c1-6(2)11-7-4-3-5-10-8(7)9/h3-6H,1-2H3. The molecular formula is C8H10BrNO. The van der Waals surface area contributed by atoms with Crippen LogP contribution in [0, 0.1) is 0 Å². The molecule has 0 amide bonds. The highest BCUT2D eigenvalue weighted by atomic mass is 79.9. The minimum atomic E-state index is 0.190. The largest absolute Gasteiger partial charge is 0.488 e. The summed E-state index contributed by atoms with van der Waals surface area (Å²) < 4.78 is 6.19. The Morgan fingerprint density at radius 3 is 2.82 bits per heavy atom.